The Kier molecular flexibility index (Phi) is 6.21. The molecule has 0 saturated heterocycles. The van der Waals surface area contributed by atoms with E-state index in [1.807, 2.05) is 42.5 Å². The number of hydrogen-bond acceptors (Lipinski definition) is 2. The summed E-state index contributed by atoms with van der Waals surface area (Å²) in [5, 5.41) is 10.3. The molecule has 0 aliphatic heterocycles. The molecule has 2 aromatic rings. The molecule has 0 spiro atoms. The summed E-state index contributed by atoms with van der Waals surface area (Å²) in [6, 6.07) is 15.7. The normalized spacial score (nSPS) is 13.4. The van der Waals surface area contributed by atoms with E-state index in [-0.39, 0.29) is 18.4 Å². The zero-order valence-electron chi connectivity index (χ0n) is 11.9. The van der Waals surface area contributed by atoms with Crippen LogP contribution in [0.4, 0.5) is 0 Å². The van der Waals surface area contributed by atoms with Crippen LogP contribution < -0.4 is 5.73 Å². The van der Waals surface area contributed by atoms with Crippen molar-refractivity contribution in [3.05, 3.63) is 70.8 Å². The third-order valence-electron chi connectivity index (χ3n) is 3.71. The second-order valence-electron chi connectivity index (χ2n) is 5.07. The molecule has 0 radical (unpaired) electrons. The van der Waals surface area contributed by atoms with Gasteiger partial charge in [0.15, 0.2) is 0 Å². The Morgan fingerprint density at radius 2 is 1.65 bits per heavy atom. The largest absolute Gasteiger partial charge is 0.391 e. The van der Waals surface area contributed by atoms with Gasteiger partial charge in [0.1, 0.15) is 0 Å². The second kappa shape index (κ2) is 7.44. The maximum Gasteiger partial charge on any atom is 0.0773 e. The van der Waals surface area contributed by atoms with E-state index in [9.17, 15) is 5.11 Å². The van der Waals surface area contributed by atoms with Crippen molar-refractivity contribution < 1.29 is 5.11 Å². The molecule has 0 aliphatic carbocycles. The van der Waals surface area contributed by atoms with Crippen molar-refractivity contribution in [3.63, 3.8) is 0 Å². The third-order valence-corrected chi connectivity index (χ3v) is 3.71. The summed E-state index contributed by atoms with van der Waals surface area (Å²) >= 11 is 0. The van der Waals surface area contributed by atoms with Gasteiger partial charge in [-0.3, -0.25) is 0 Å². The summed E-state index contributed by atoms with van der Waals surface area (Å²) in [7, 11) is 0. The molecular formula is C17H22ClNO. The number of benzene rings is 2. The van der Waals surface area contributed by atoms with Gasteiger partial charge < -0.3 is 10.8 Å². The predicted molar refractivity (Wildman–Crippen MR) is 86.2 cm³/mol. The van der Waals surface area contributed by atoms with Gasteiger partial charge in [-0.25, -0.2) is 0 Å². The highest BCUT2D eigenvalue weighted by molar-refractivity contribution is 5.85. The first-order valence-corrected chi connectivity index (χ1v) is 6.63. The standard InChI is InChI=1S/C17H21NO.ClH/c1-12-7-6-10-15(13(12)2)17(18)16(19)11-14-8-4-3-5-9-14;/h3-10,16-17,19H,11,18H2,1-2H3;1H/t16-,17+;/m1./s1. The lowest BCUT2D eigenvalue weighted by Gasteiger charge is -2.22. The first-order valence-electron chi connectivity index (χ1n) is 6.63. The predicted octanol–water partition coefficient (Wildman–Crippen LogP) is 3.33. The lowest BCUT2D eigenvalue weighted by Crippen LogP contribution is -2.28. The van der Waals surface area contributed by atoms with Gasteiger partial charge in [-0.1, -0.05) is 48.5 Å². The fourth-order valence-corrected chi connectivity index (χ4v) is 2.32. The van der Waals surface area contributed by atoms with Gasteiger partial charge in [0.2, 0.25) is 0 Å². The smallest absolute Gasteiger partial charge is 0.0773 e. The van der Waals surface area contributed by atoms with Gasteiger partial charge in [-0.2, -0.15) is 0 Å². The minimum atomic E-state index is -0.567. The van der Waals surface area contributed by atoms with Crippen LogP contribution in [0, 0.1) is 13.8 Å². The number of nitrogens with two attached hydrogens (primary N) is 1. The fourth-order valence-electron chi connectivity index (χ4n) is 2.32. The maximum absolute atomic E-state index is 10.3. The van der Waals surface area contributed by atoms with Crippen molar-refractivity contribution in [3.8, 4) is 0 Å². The van der Waals surface area contributed by atoms with Crippen LogP contribution in [0.1, 0.15) is 28.3 Å². The Labute approximate surface area is 127 Å². The summed E-state index contributed by atoms with van der Waals surface area (Å²) in [4.78, 5) is 0. The number of rotatable bonds is 4. The van der Waals surface area contributed by atoms with Gasteiger partial charge in [-0.05, 0) is 36.1 Å². The van der Waals surface area contributed by atoms with E-state index in [0.29, 0.717) is 6.42 Å². The van der Waals surface area contributed by atoms with Gasteiger partial charge in [0, 0.05) is 6.42 Å². The average Bonchev–Trinajstić information content (AvgIpc) is 2.42. The molecule has 2 atom stereocenters. The summed E-state index contributed by atoms with van der Waals surface area (Å²) in [6.07, 6.45) is 0.0120. The number of halogens is 1. The zero-order chi connectivity index (χ0) is 13.8. The minimum Gasteiger partial charge on any atom is -0.391 e. The number of aliphatic hydroxyl groups is 1. The Morgan fingerprint density at radius 3 is 2.30 bits per heavy atom. The van der Waals surface area contributed by atoms with Crippen molar-refractivity contribution in [2.75, 3.05) is 0 Å². The van der Waals surface area contributed by atoms with E-state index in [2.05, 4.69) is 19.9 Å². The van der Waals surface area contributed by atoms with E-state index in [1.54, 1.807) is 0 Å². The second-order valence-corrected chi connectivity index (χ2v) is 5.07. The molecule has 0 unspecified atom stereocenters. The molecule has 0 amide bonds. The molecule has 3 N–H and O–H groups in total. The van der Waals surface area contributed by atoms with Crippen LogP contribution in [-0.4, -0.2) is 11.2 Å². The Morgan fingerprint density at radius 1 is 1.00 bits per heavy atom. The van der Waals surface area contributed by atoms with Crippen molar-refractivity contribution in [1.29, 1.82) is 0 Å². The molecular weight excluding hydrogens is 270 g/mol. The van der Waals surface area contributed by atoms with Crippen molar-refractivity contribution >= 4 is 12.4 Å². The minimum absolute atomic E-state index is 0. The van der Waals surface area contributed by atoms with E-state index >= 15 is 0 Å². The van der Waals surface area contributed by atoms with Crippen molar-refractivity contribution in [2.24, 2.45) is 5.73 Å². The van der Waals surface area contributed by atoms with E-state index in [1.165, 1.54) is 11.1 Å². The van der Waals surface area contributed by atoms with E-state index in [4.69, 9.17) is 5.73 Å². The van der Waals surface area contributed by atoms with Crippen LogP contribution in [0.3, 0.4) is 0 Å². The summed E-state index contributed by atoms with van der Waals surface area (Å²) in [5.41, 5.74) is 10.7. The fraction of sp³-hybridized carbons (Fsp3) is 0.294. The number of aliphatic hydroxyl groups excluding tert-OH is 1. The molecule has 0 saturated carbocycles. The lowest BCUT2D eigenvalue weighted by molar-refractivity contribution is 0.145. The molecule has 0 heterocycles. The molecule has 2 aromatic carbocycles. The molecule has 0 bridgehead atoms. The van der Waals surface area contributed by atoms with E-state index < -0.39 is 6.10 Å². The molecule has 0 aliphatic rings. The lowest BCUT2D eigenvalue weighted by atomic mass is 9.92. The molecule has 0 aromatic heterocycles. The highest BCUT2D eigenvalue weighted by Crippen LogP contribution is 2.23. The Bertz CT molecular complexity index is 542. The van der Waals surface area contributed by atoms with Crippen molar-refractivity contribution in [1.82, 2.24) is 0 Å². The maximum atomic E-state index is 10.3. The summed E-state index contributed by atoms with van der Waals surface area (Å²) in [5.74, 6) is 0. The highest BCUT2D eigenvalue weighted by Gasteiger charge is 2.19. The zero-order valence-corrected chi connectivity index (χ0v) is 12.7. The van der Waals surface area contributed by atoms with Crippen molar-refractivity contribution in [2.45, 2.75) is 32.4 Å². The number of hydrogen-bond donors (Lipinski definition) is 2. The van der Waals surface area contributed by atoms with Gasteiger partial charge in [-0.15, -0.1) is 12.4 Å². The molecule has 0 fully saturated rings. The summed E-state index contributed by atoms with van der Waals surface area (Å²) in [6.45, 7) is 4.12. The SMILES string of the molecule is Cc1cccc([C@H](N)[C@H](O)Cc2ccccc2)c1C.Cl. The van der Waals surface area contributed by atoms with Crippen LogP contribution in [0.15, 0.2) is 48.5 Å². The first kappa shape index (κ1) is 16.7. The quantitative estimate of drug-likeness (QED) is 0.908. The van der Waals surface area contributed by atoms with Crippen LogP contribution in [0.2, 0.25) is 0 Å². The summed E-state index contributed by atoms with van der Waals surface area (Å²) < 4.78 is 0. The topological polar surface area (TPSA) is 46.2 Å². The Hall–Kier alpha value is -1.35. The van der Waals surface area contributed by atoms with Crippen LogP contribution >= 0.6 is 12.4 Å². The highest BCUT2D eigenvalue weighted by atomic mass is 35.5. The number of aryl methyl sites for hydroxylation is 1. The molecule has 3 heteroatoms. The van der Waals surface area contributed by atoms with Gasteiger partial charge >= 0.3 is 0 Å². The molecule has 2 rings (SSSR count). The van der Waals surface area contributed by atoms with Gasteiger partial charge in [0.25, 0.3) is 0 Å². The van der Waals surface area contributed by atoms with E-state index in [0.717, 1.165) is 11.1 Å². The average molecular weight is 292 g/mol. The van der Waals surface area contributed by atoms with Crippen LogP contribution in [-0.2, 0) is 6.42 Å². The molecule has 108 valence electrons. The molecule has 20 heavy (non-hydrogen) atoms. The monoisotopic (exact) mass is 291 g/mol. The first-order chi connectivity index (χ1) is 9.09. The van der Waals surface area contributed by atoms with Crippen LogP contribution in [0.25, 0.3) is 0 Å². The van der Waals surface area contributed by atoms with Gasteiger partial charge in [0.05, 0.1) is 12.1 Å². The molecule has 2 nitrogen and oxygen atoms in total. The Balaban J connectivity index is 0.00000200. The van der Waals surface area contributed by atoms with Crippen LogP contribution in [0.5, 0.6) is 0 Å². The third kappa shape index (κ3) is 3.83.